The number of ether oxygens (including phenoxy) is 1. The Bertz CT molecular complexity index is 988. The number of H-pyrrole nitrogens is 1. The number of benzene rings is 1. The van der Waals surface area contributed by atoms with Gasteiger partial charge in [0.25, 0.3) is 0 Å². The van der Waals surface area contributed by atoms with E-state index in [9.17, 15) is 4.55 Å². The second-order valence-corrected chi connectivity index (χ2v) is 8.76. The highest BCUT2D eigenvalue weighted by atomic mass is 35.5. The van der Waals surface area contributed by atoms with Crippen LogP contribution in [0.1, 0.15) is 30.5 Å². The predicted molar refractivity (Wildman–Crippen MR) is 113 cm³/mol. The van der Waals surface area contributed by atoms with Crippen LogP contribution in [0.15, 0.2) is 29.6 Å². The first-order chi connectivity index (χ1) is 13.6. The fraction of sp³-hybridized carbons (Fsp3) is 0.400. The van der Waals surface area contributed by atoms with Crippen molar-refractivity contribution in [2.75, 3.05) is 25.1 Å². The summed E-state index contributed by atoms with van der Waals surface area (Å²) in [7, 11) is 1.61. The number of halogens is 1. The SMILES string of the molecule is COc1ccc2[nH]c([S+]([O-])Cc3ncc(Cl)c(N4CCCCC4)c3C)nc2c1. The molecule has 148 valence electrons. The van der Waals surface area contributed by atoms with E-state index in [0.717, 1.165) is 46.8 Å². The van der Waals surface area contributed by atoms with Crippen molar-refractivity contribution in [1.29, 1.82) is 0 Å². The van der Waals surface area contributed by atoms with Gasteiger partial charge in [-0.05, 0) is 38.3 Å². The molecule has 1 aromatic carbocycles. The van der Waals surface area contributed by atoms with Gasteiger partial charge in [0.15, 0.2) is 5.75 Å². The summed E-state index contributed by atoms with van der Waals surface area (Å²) in [6.45, 7) is 4.01. The van der Waals surface area contributed by atoms with E-state index in [-0.39, 0.29) is 0 Å². The molecular formula is C20H23ClN4O2S. The normalized spacial score (nSPS) is 15.8. The van der Waals surface area contributed by atoms with Gasteiger partial charge in [0.05, 0.1) is 34.5 Å². The molecule has 0 amide bonds. The number of anilines is 1. The minimum atomic E-state index is -1.34. The van der Waals surface area contributed by atoms with E-state index >= 15 is 0 Å². The van der Waals surface area contributed by atoms with Crippen LogP contribution < -0.4 is 9.64 Å². The minimum Gasteiger partial charge on any atom is -0.609 e. The molecule has 0 saturated carbocycles. The highest BCUT2D eigenvalue weighted by Crippen LogP contribution is 2.33. The molecule has 1 aliphatic heterocycles. The lowest BCUT2D eigenvalue weighted by molar-refractivity contribution is 0.415. The summed E-state index contributed by atoms with van der Waals surface area (Å²) >= 11 is 5.12. The van der Waals surface area contributed by atoms with Gasteiger partial charge in [-0.15, -0.1) is 0 Å². The molecule has 1 aliphatic rings. The van der Waals surface area contributed by atoms with Crippen LogP contribution in [0.3, 0.4) is 0 Å². The van der Waals surface area contributed by atoms with Crippen molar-refractivity contribution in [3.05, 3.63) is 40.7 Å². The number of hydrogen-bond acceptors (Lipinski definition) is 5. The number of aromatic amines is 1. The first-order valence-electron chi connectivity index (χ1n) is 9.38. The molecule has 1 unspecified atom stereocenters. The van der Waals surface area contributed by atoms with Gasteiger partial charge in [0.1, 0.15) is 5.75 Å². The number of hydrogen-bond donors (Lipinski definition) is 1. The summed E-state index contributed by atoms with van der Waals surface area (Å²) in [5.41, 5.74) is 4.39. The van der Waals surface area contributed by atoms with Crippen molar-refractivity contribution in [2.45, 2.75) is 37.1 Å². The van der Waals surface area contributed by atoms with Crippen molar-refractivity contribution in [3.63, 3.8) is 0 Å². The lowest BCUT2D eigenvalue weighted by atomic mass is 10.1. The molecule has 6 nitrogen and oxygen atoms in total. The first-order valence-corrected chi connectivity index (χ1v) is 11.1. The van der Waals surface area contributed by atoms with E-state index in [0.29, 0.717) is 15.9 Å². The summed E-state index contributed by atoms with van der Waals surface area (Å²) in [6, 6.07) is 5.55. The Morgan fingerprint density at radius 2 is 2.07 bits per heavy atom. The Morgan fingerprint density at radius 1 is 1.29 bits per heavy atom. The number of nitrogens with zero attached hydrogens (tertiary/aromatic N) is 3. The number of piperidine rings is 1. The summed E-state index contributed by atoms with van der Waals surface area (Å²) in [4.78, 5) is 14.4. The number of methoxy groups -OCH3 is 1. The van der Waals surface area contributed by atoms with Crippen LogP contribution >= 0.6 is 11.6 Å². The zero-order valence-electron chi connectivity index (χ0n) is 16.0. The van der Waals surface area contributed by atoms with Crippen LogP contribution in [0.5, 0.6) is 5.75 Å². The van der Waals surface area contributed by atoms with Crippen LogP contribution in [0.25, 0.3) is 11.0 Å². The number of fused-ring (bicyclic) bond motifs is 1. The number of aromatic nitrogens is 3. The molecule has 4 rings (SSSR count). The van der Waals surface area contributed by atoms with Crippen LogP contribution in [0, 0.1) is 6.92 Å². The van der Waals surface area contributed by atoms with Crippen molar-refractivity contribution in [1.82, 2.24) is 15.0 Å². The summed E-state index contributed by atoms with van der Waals surface area (Å²) in [6.07, 6.45) is 5.27. The molecule has 3 heterocycles. The summed E-state index contributed by atoms with van der Waals surface area (Å²) < 4.78 is 18.2. The third-order valence-corrected chi connectivity index (χ3v) is 6.61. The zero-order chi connectivity index (χ0) is 19.7. The molecule has 0 bridgehead atoms. The highest BCUT2D eigenvalue weighted by Gasteiger charge is 2.23. The van der Waals surface area contributed by atoms with E-state index in [4.69, 9.17) is 16.3 Å². The number of rotatable bonds is 5. The molecule has 1 saturated heterocycles. The average molecular weight is 419 g/mol. The van der Waals surface area contributed by atoms with Crippen molar-refractivity contribution >= 4 is 39.5 Å². The Kier molecular flexibility index (Phi) is 5.66. The summed E-state index contributed by atoms with van der Waals surface area (Å²) in [5.74, 6) is 1.01. The van der Waals surface area contributed by atoms with E-state index in [1.54, 1.807) is 13.3 Å². The van der Waals surface area contributed by atoms with Crippen LogP contribution in [-0.2, 0) is 16.9 Å². The van der Waals surface area contributed by atoms with Gasteiger partial charge in [-0.1, -0.05) is 11.6 Å². The fourth-order valence-electron chi connectivity index (χ4n) is 3.65. The van der Waals surface area contributed by atoms with Gasteiger partial charge in [-0.2, -0.15) is 4.98 Å². The molecular weight excluding hydrogens is 396 g/mol. The maximum atomic E-state index is 13.0. The van der Waals surface area contributed by atoms with Gasteiger partial charge in [-0.3, -0.25) is 9.97 Å². The third-order valence-electron chi connectivity index (χ3n) is 5.17. The largest absolute Gasteiger partial charge is 0.609 e. The monoisotopic (exact) mass is 418 g/mol. The molecule has 1 atom stereocenters. The molecule has 8 heteroatoms. The average Bonchev–Trinajstić information content (AvgIpc) is 3.14. The smallest absolute Gasteiger partial charge is 0.322 e. The Balaban J connectivity index is 1.60. The maximum absolute atomic E-state index is 13.0. The number of pyridine rings is 1. The molecule has 2 aromatic heterocycles. The standard InChI is InChI=1S/C20H23ClN4O2S/c1-13-18(22-11-15(21)19(13)25-8-4-3-5-9-25)12-28(26)20-23-16-7-6-14(27-2)10-17(16)24-20/h6-7,10-11H,3-5,8-9,12H2,1-2H3,(H,23,24). The van der Waals surface area contributed by atoms with E-state index in [1.165, 1.54) is 19.3 Å². The lowest BCUT2D eigenvalue weighted by Crippen LogP contribution is -2.30. The fourth-order valence-corrected chi connectivity index (χ4v) is 5.06. The van der Waals surface area contributed by atoms with Gasteiger partial charge in [0, 0.05) is 42.1 Å². The van der Waals surface area contributed by atoms with Crippen LogP contribution in [0.2, 0.25) is 5.02 Å². The second kappa shape index (κ2) is 8.19. The molecule has 28 heavy (non-hydrogen) atoms. The second-order valence-electron chi connectivity index (χ2n) is 6.99. The Hall–Kier alpha value is -1.96. The van der Waals surface area contributed by atoms with E-state index in [1.807, 2.05) is 25.1 Å². The molecule has 1 N–H and O–H groups in total. The number of imidazole rings is 1. The predicted octanol–water partition coefficient (Wildman–Crippen LogP) is 4.23. The zero-order valence-corrected chi connectivity index (χ0v) is 17.6. The van der Waals surface area contributed by atoms with Crippen LogP contribution in [-0.4, -0.2) is 39.7 Å². The highest BCUT2D eigenvalue weighted by molar-refractivity contribution is 7.90. The molecule has 0 spiro atoms. The topological polar surface area (TPSA) is 77.1 Å². The molecule has 3 aromatic rings. The Labute approximate surface area is 172 Å². The quantitative estimate of drug-likeness (QED) is 0.627. The first kappa shape index (κ1) is 19.4. The summed E-state index contributed by atoms with van der Waals surface area (Å²) in [5, 5.41) is 1.10. The lowest BCUT2D eigenvalue weighted by Gasteiger charge is -2.31. The van der Waals surface area contributed by atoms with Gasteiger partial charge >= 0.3 is 5.16 Å². The van der Waals surface area contributed by atoms with Gasteiger partial charge in [0.2, 0.25) is 0 Å². The van der Waals surface area contributed by atoms with E-state index < -0.39 is 11.2 Å². The molecule has 0 radical (unpaired) electrons. The van der Waals surface area contributed by atoms with Crippen molar-refractivity contribution in [2.24, 2.45) is 0 Å². The van der Waals surface area contributed by atoms with E-state index in [2.05, 4.69) is 19.9 Å². The third kappa shape index (κ3) is 3.79. The minimum absolute atomic E-state index is 0.292. The van der Waals surface area contributed by atoms with Crippen molar-refractivity contribution in [3.8, 4) is 5.75 Å². The van der Waals surface area contributed by atoms with Crippen LogP contribution in [0.4, 0.5) is 5.69 Å². The molecule has 1 fully saturated rings. The Morgan fingerprint density at radius 3 is 2.82 bits per heavy atom. The van der Waals surface area contributed by atoms with Crippen molar-refractivity contribution < 1.29 is 9.29 Å². The number of nitrogens with one attached hydrogen (secondary N) is 1. The van der Waals surface area contributed by atoms with Gasteiger partial charge in [-0.25, -0.2) is 0 Å². The maximum Gasteiger partial charge on any atom is 0.322 e. The van der Waals surface area contributed by atoms with Gasteiger partial charge < -0.3 is 14.2 Å². The molecule has 0 aliphatic carbocycles.